The summed E-state index contributed by atoms with van der Waals surface area (Å²) in [4.78, 5) is 36.2. The number of halogens is 1. The Bertz CT molecular complexity index is 687. The quantitative estimate of drug-likeness (QED) is 0.850. The normalized spacial score (nSPS) is 25.4. The number of esters is 1. The summed E-state index contributed by atoms with van der Waals surface area (Å²) in [7, 11) is 0. The van der Waals surface area contributed by atoms with E-state index in [0.717, 1.165) is 24.8 Å². The highest BCUT2D eigenvalue weighted by atomic mass is 19.1. The average molecular weight is 347 g/mol. The topological polar surface area (TPSA) is 72.5 Å². The second kappa shape index (κ2) is 7.33. The highest BCUT2D eigenvalue weighted by molar-refractivity contribution is 5.94. The van der Waals surface area contributed by atoms with Crippen molar-refractivity contribution in [2.75, 3.05) is 11.9 Å². The largest absolute Gasteiger partial charge is 0.455 e. The number of Topliss-reactive ketones (excluding diaryl/α,β-unsaturated/α-hetero) is 1. The Hall–Kier alpha value is -2.24. The molecule has 2 bridgehead atoms. The van der Waals surface area contributed by atoms with Crippen LogP contribution in [-0.4, -0.2) is 24.3 Å². The molecule has 2 fully saturated rings. The van der Waals surface area contributed by atoms with Crippen molar-refractivity contribution >= 4 is 23.3 Å². The fraction of sp³-hybridized carbons (Fsp3) is 0.526. The number of hydrogen-bond donors (Lipinski definition) is 1. The van der Waals surface area contributed by atoms with Gasteiger partial charge in [0.1, 0.15) is 11.6 Å². The van der Waals surface area contributed by atoms with Gasteiger partial charge in [-0.1, -0.05) is 12.5 Å². The van der Waals surface area contributed by atoms with E-state index < -0.39 is 24.3 Å². The van der Waals surface area contributed by atoms with E-state index in [-0.39, 0.29) is 23.5 Å². The molecule has 0 aromatic heterocycles. The minimum atomic E-state index is -0.505. The number of fused-ring (bicyclic) bond motifs is 2. The molecule has 1 amide bonds. The van der Waals surface area contributed by atoms with Gasteiger partial charge in [0.25, 0.3) is 5.91 Å². The van der Waals surface area contributed by atoms with Crippen molar-refractivity contribution in [1.29, 1.82) is 0 Å². The van der Waals surface area contributed by atoms with Gasteiger partial charge in [0.15, 0.2) is 6.61 Å². The van der Waals surface area contributed by atoms with E-state index in [0.29, 0.717) is 18.5 Å². The maximum Gasteiger partial charge on any atom is 0.309 e. The number of amides is 1. The number of anilines is 1. The Balaban J connectivity index is 1.51. The van der Waals surface area contributed by atoms with E-state index in [4.69, 9.17) is 4.74 Å². The monoisotopic (exact) mass is 347 g/mol. The first-order valence-corrected chi connectivity index (χ1v) is 8.70. The molecule has 0 aliphatic heterocycles. The Morgan fingerprint density at radius 3 is 2.60 bits per heavy atom. The van der Waals surface area contributed by atoms with Gasteiger partial charge in [-0.15, -0.1) is 0 Å². The SMILES string of the molecule is Cc1ccc(F)cc1NC(=O)COC(=O)C1C[C@H]2CCC[C@@H](C1)C2=O. The molecule has 134 valence electrons. The van der Waals surface area contributed by atoms with Crippen molar-refractivity contribution in [1.82, 2.24) is 0 Å². The summed E-state index contributed by atoms with van der Waals surface area (Å²) >= 11 is 0. The lowest BCUT2D eigenvalue weighted by atomic mass is 9.67. The molecular formula is C19H22FNO4. The third kappa shape index (κ3) is 4.06. The van der Waals surface area contributed by atoms with Crippen LogP contribution in [0, 0.1) is 30.5 Å². The number of carbonyl (C=O) groups is 3. The Morgan fingerprint density at radius 1 is 1.24 bits per heavy atom. The van der Waals surface area contributed by atoms with Gasteiger partial charge in [-0.3, -0.25) is 14.4 Å². The first-order chi connectivity index (χ1) is 11.9. The van der Waals surface area contributed by atoms with Gasteiger partial charge in [0.05, 0.1) is 5.92 Å². The molecule has 1 aromatic carbocycles. The fourth-order valence-electron chi connectivity index (χ4n) is 3.84. The van der Waals surface area contributed by atoms with Crippen molar-refractivity contribution in [2.45, 2.75) is 39.0 Å². The standard InChI is InChI=1S/C19H22FNO4/c1-11-5-6-15(20)9-16(11)21-17(22)10-25-19(24)14-7-12-3-2-4-13(8-14)18(12)23/h5-6,9,12-14H,2-4,7-8,10H2,1H3,(H,21,22)/t12-,13+,14?. The van der Waals surface area contributed by atoms with Crippen molar-refractivity contribution in [3.63, 3.8) is 0 Å². The zero-order valence-corrected chi connectivity index (χ0v) is 14.2. The summed E-state index contributed by atoms with van der Waals surface area (Å²) in [5.41, 5.74) is 1.08. The summed E-state index contributed by atoms with van der Waals surface area (Å²) in [6, 6.07) is 4.10. The third-order valence-corrected chi connectivity index (χ3v) is 5.20. The van der Waals surface area contributed by atoms with E-state index in [9.17, 15) is 18.8 Å². The van der Waals surface area contributed by atoms with Crippen LogP contribution >= 0.6 is 0 Å². The summed E-state index contributed by atoms with van der Waals surface area (Å²) in [6.07, 6.45) is 3.78. The number of benzene rings is 1. The molecule has 3 atom stereocenters. The molecule has 3 rings (SSSR count). The molecule has 0 spiro atoms. The molecule has 1 unspecified atom stereocenters. The molecule has 2 saturated carbocycles. The smallest absolute Gasteiger partial charge is 0.309 e. The molecule has 1 N–H and O–H groups in total. The summed E-state index contributed by atoms with van der Waals surface area (Å²) in [5, 5.41) is 2.55. The number of aryl methyl sites for hydroxylation is 1. The first-order valence-electron chi connectivity index (χ1n) is 8.70. The molecule has 0 saturated heterocycles. The van der Waals surface area contributed by atoms with Crippen molar-refractivity contribution < 1.29 is 23.5 Å². The Morgan fingerprint density at radius 2 is 1.92 bits per heavy atom. The van der Waals surface area contributed by atoms with E-state index in [1.807, 2.05) is 0 Å². The lowest BCUT2D eigenvalue weighted by Crippen LogP contribution is -2.40. The fourth-order valence-corrected chi connectivity index (χ4v) is 3.84. The summed E-state index contributed by atoms with van der Waals surface area (Å²) in [6.45, 7) is 1.34. The molecule has 6 heteroatoms. The van der Waals surface area contributed by atoms with Crippen LogP contribution in [0.3, 0.4) is 0 Å². The number of ketones is 1. The maximum atomic E-state index is 13.2. The average Bonchev–Trinajstić information content (AvgIpc) is 2.56. The van der Waals surface area contributed by atoms with Gasteiger partial charge >= 0.3 is 5.97 Å². The van der Waals surface area contributed by atoms with E-state index in [1.165, 1.54) is 12.1 Å². The second-order valence-corrected chi connectivity index (χ2v) is 7.01. The Kier molecular flexibility index (Phi) is 5.16. The van der Waals surface area contributed by atoms with Crippen LogP contribution in [0.25, 0.3) is 0 Å². The number of carbonyl (C=O) groups excluding carboxylic acids is 3. The van der Waals surface area contributed by atoms with E-state index in [1.54, 1.807) is 13.0 Å². The molecule has 0 radical (unpaired) electrons. The predicted molar refractivity (Wildman–Crippen MR) is 89.3 cm³/mol. The van der Waals surface area contributed by atoms with E-state index >= 15 is 0 Å². The second-order valence-electron chi connectivity index (χ2n) is 7.01. The van der Waals surface area contributed by atoms with Crippen LogP contribution in [0.2, 0.25) is 0 Å². The lowest BCUT2D eigenvalue weighted by molar-refractivity contribution is -0.155. The first kappa shape index (κ1) is 17.6. The molecule has 1 aromatic rings. The minimum absolute atomic E-state index is 0.0335. The van der Waals surface area contributed by atoms with Crippen LogP contribution in [0.15, 0.2) is 18.2 Å². The van der Waals surface area contributed by atoms with Gasteiger partial charge in [0.2, 0.25) is 0 Å². The molecular weight excluding hydrogens is 325 g/mol. The van der Waals surface area contributed by atoms with Gasteiger partial charge in [-0.05, 0) is 50.3 Å². The molecule has 5 nitrogen and oxygen atoms in total. The molecule has 2 aliphatic rings. The number of rotatable bonds is 4. The molecule has 0 heterocycles. The Labute approximate surface area is 145 Å². The van der Waals surface area contributed by atoms with Crippen LogP contribution < -0.4 is 5.32 Å². The predicted octanol–water partition coefficient (Wildman–Crippen LogP) is 3.01. The maximum absolute atomic E-state index is 13.2. The summed E-state index contributed by atoms with van der Waals surface area (Å²) in [5.74, 6) is -1.46. The van der Waals surface area contributed by atoms with E-state index in [2.05, 4.69) is 5.32 Å². The lowest BCUT2D eigenvalue weighted by Gasteiger charge is -2.36. The van der Waals surface area contributed by atoms with Crippen molar-refractivity contribution in [2.24, 2.45) is 17.8 Å². The van der Waals surface area contributed by atoms with Gasteiger partial charge < -0.3 is 10.1 Å². The van der Waals surface area contributed by atoms with Gasteiger partial charge in [0, 0.05) is 17.5 Å². The van der Waals surface area contributed by atoms with Gasteiger partial charge in [-0.25, -0.2) is 4.39 Å². The minimum Gasteiger partial charge on any atom is -0.455 e. The van der Waals surface area contributed by atoms with Gasteiger partial charge in [-0.2, -0.15) is 0 Å². The molecule has 25 heavy (non-hydrogen) atoms. The van der Waals surface area contributed by atoms with Crippen molar-refractivity contribution in [3.8, 4) is 0 Å². The van der Waals surface area contributed by atoms with Crippen LogP contribution in [0.4, 0.5) is 10.1 Å². The van der Waals surface area contributed by atoms with Crippen LogP contribution in [0.1, 0.15) is 37.7 Å². The third-order valence-electron chi connectivity index (χ3n) is 5.20. The zero-order chi connectivity index (χ0) is 18.0. The number of nitrogens with one attached hydrogen (secondary N) is 1. The number of hydrogen-bond acceptors (Lipinski definition) is 4. The highest BCUT2D eigenvalue weighted by Crippen LogP contribution is 2.40. The van der Waals surface area contributed by atoms with Crippen LogP contribution in [-0.2, 0) is 19.1 Å². The summed E-state index contributed by atoms with van der Waals surface area (Å²) < 4.78 is 18.4. The zero-order valence-electron chi connectivity index (χ0n) is 14.2. The highest BCUT2D eigenvalue weighted by Gasteiger charge is 2.41. The van der Waals surface area contributed by atoms with Crippen LogP contribution in [0.5, 0.6) is 0 Å². The molecule has 2 aliphatic carbocycles. The number of ether oxygens (including phenoxy) is 1. The van der Waals surface area contributed by atoms with Crippen molar-refractivity contribution in [3.05, 3.63) is 29.6 Å².